The van der Waals surface area contributed by atoms with Gasteiger partial charge in [0.2, 0.25) is 0 Å². The molecule has 0 radical (unpaired) electrons. The van der Waals surface area contributed by atoms with Gasteiger partial charge in [-0.25, -0.2) is 0 Å². The van der Waals surface area contributed by atoms with Crippen LogP contribution in [0.2, 0.25) is 0 Å². The second kappa shape index (κ2) is 6.55. The first-order valence-corrected chi connectivity index (χ1v) is 10.3. The van der Waals surface area contributed by atoms with Crippen LogP contribution in [0.15, 0.2) is 11.1 Å². The van der Waals surface area contributed by atoms with E-state index in [1.54, 1.807) is 0 Å². The van der Waals surface area contributed by atoms with Crippen LogP contribution in [0.25, 0.3) is 11.4 Å². The molecule has 4 aliphatic rings. The van der Waals surface area contributed by atoms with Crippen LogP contribution >= 0.6 is 12.4 Å². The minimum absolute atomic E-state index is 0. The molecule has 0 atom stereocenters. The summed E-state index contributed by atoms with van der Waals surface area (Å²) in [7, 11) is 0. The summed E-state index contributed by atoms with van der Waals surface area (Å²) in [5.41, 5.74) is 9.07. The topological polar surface area (TPSA) is 43.9 Å². The van der Waals surface area contributed by atoms with Gasteiger partial charge >= 0.3 is 0 Å². The van der Waals surface area contributed by atoms with Crippen molar-refractivity contribution in [3.63, 3.8) is 0 Å². The third kappa shape index (κ3) is 3.08. The zero-order valence-corrected chi connectivity index (χ0v) is 17.8. The molecule has 6 rings (SSSR count). The van der Waals surface area contributed by atoms with Crippen LogP contribution in [0.1, 0.15) is 66.6 Å². The normalized spacial score (nSPS) is 31.6. The zero-order chi connectivity index (χ0) is 18.1. The van der Waals surface area contributed by atoms with Crippen molar-refractivity contribution >= 4 is 18.6 Å². The lowest BCUT2D eigenvalue weighted by Crippen LogP contribution is -2.49. The van der Waals surface area contributed by atoms with Gasteiger partial charge in [-0.2, -0.15) is 0 Å². The zero-order valence-electron chi connectivity index (χ0n) is 17.0. The Morgan fingerprint density at radius 3 is 2.00 bits per heavy atom. The molecule has 4 heteroatoms. The predicted octanol–water partition coefficient (Wildman–Crippen LogP) is 6.05. The summed E-state index contributed by atoms with van der Waals surface area (Å²) < 4.78 is 0. The fourth-order valence-corrected chi connectivity index (χ4v) is 6.50. The average Bonchev–Trinajstić information content (AvgIpc) is 3.04. The van der Waals surface area contributed by atoms with Gasteiger partial charge in [-0.15, -0.1) is 12.4 Å². The number of aliphatic imine (C=N–C) groups is 1. The Morgan fingerprint density at radius 1 is 0.889 bits per heavy atom. The summed E-state index contributed by atoms with van der Waals surface area (Å²) in [6, 6.07) is 2.22. The lowest BCUT2D eigenvalue weighted by atomic mass is 9.53. The Hall–Kier alpha value is -1.48. The molecule has 3 nitrogen and oxygen atoms in total. The summed E-state index contributed by atoms with van der Waals surface area (Å²) in [5, 5.41) is 0. The molecule has 0 aromatic carbocycles. The van der Waals surface area contributed by atoms with E-state index < -0.39 is 0 Å². The van der Waals surface area contributed by atoms with E-state index in [-0.39, 0.29) is 17.9 Å². The Balaban J connectivity index is 0.00000180. The van der Waals surface area contributed by atoms with E-state index in [1.165, 1.54) is 78.0 Å². The highest BCUT2D eigenvalue weighted by molar-refractivity contribution is 5.85. The number of H-pyrrole nitrogens is 2. The minimum atomic E-state index is 0. The fourth-order valence-electron chi connectivity index (χ4n) is 6.50. The quantitative estimate of drug-likeness (QED) is 0.604. The smallest absolute Gasteiger partial charge is 0.0659 e. The molecule has 0 unspecified atom stereocenters. The van der Waals surface area contributed by atoms with Crippen molar-refractivity contribution in [3.05, 3.63) is 34.1 Å². The van der Waals surface area contributed by atoms with Gasteiger partial charge in [0.05, 0.1) is 22.6 Å². The van der Waals surface area contributed by atoms with Gasteiger partial charge < -0.3 is 9.97 Å². The van der Waals surface area contributed by atoms with Crippen LogP contribution in [-0.4, -0.2) is 21.7 Å². The van der Waals surface area contributed by atoms with Crippen molar-refractivity contribution < 1.29 is 0 Å². The van der Waals surface area contributed by atoms with E-state index in [0.717, 1.165) is 17.8 Å². The SMILES string of the molecule is Cc1cc(C)c(-c2[nH]c(C=NC34CC5CC(CC(C5)C3)C4)c(C)c2C)[nH]1.Cl. The number of aromatic nitrogens is 2. The van der Waals surface area contributed by atoms with Crippen molar-refractivity contribution in [3.8, 4) is 11.4 Å². The summed E-state index contributed by atoms with van der Waals surface area (Å²) >= 11 is 0. The van der Waals surface area contributed by atoms with Crippen molar-refractivity contribution in [2.24, 2.45) is 22.7 Å². The van der Waals surface area contributed by atoms with Crippen LogP contribution < -0.4 is 0 Å². The molecule has 2 aromatic heterocycles. The Kier molecular flexibility index (Phi) is 4.57. The van der Waals surface area contributed by atoms with Crippen molar-refractivity contribution in [1.29, 1.82) is 0 Å². The van der Waals surface area contributed by atoms with Crippen molar-refractivity contribution in [2.45, 2.75) is 71.8 Å². The van der Waals surface area contributed by atoms with Crippen LogP contribution in [0.3, 0.4) is 0 Å². The lowest BCUT2D eigenvalue weighted by Gasteiger charge is -2.54. The molecule has 4 bridgehead atoms. The van der Waals surface area contributed by atoms with Gasteiger partial charge in [-0.05, 0) is 107 Å². The van der Waals surface area contributed by atoms with Gasteiger partial charge in [-0.1, -0.05) is 0 Å². The van der Waals surface area contributed by atoms with Crippen molar-refractivity contribution in [2.75, 3.05) is 0 Å². The van der Waals surface area contributed by atoms with E-state index in [1.807, 2.05) is 0 Å². The van der Waals surface area contributed by atoms with Gasteiger partial charge in [0, 0.05) is 11.9 Å². The number of hydrogen-bond donors (Lipinski definition) is 2. The van der Waals surface area contributed by atoms with E-state index in [9.17, 15) is 0 Å². The van der Waals surface area contributed by atoms with Gasteiger partial charge in [0.15, 0.2) is 0 Å². The van der Waals surface area contributed by atoms with Gasteiger partial charge in [0.1, 0.15) is 0 Å². The van der Waals surface area contributed by atoms with Crippen LogP contribution in [-0.2, 0) is 0 Å². The van der Waals surface area contributed by atoms with E-state index in [0.29, 0.717) is 0 Å². The highest BCUT2D eigenvalue weighted by Gasteiger charge is 2.50. The second-order valence-electron chi connectivity index (χ2n) is 9.57. The Bertz CT molecular complexity index is 851. The molecule has 0 saturated heterocycles. The predicted molar refractivity (Wildman–Crippen MR) is 115 cm³/mol. The molecule has 2 heterocycles. The fraction of sp³-hybridized carbons (Fsp3) is 0.609. The van der Waals surface area contributed by atoms with Gasteiger partial charge in [-0.3, -0.25) is 4.99 Å². The molecule has 2 N–H and O–H groups in total. The minimum Gasteiger partial charge on any atom is -0.357 e. The molecule has 4 aliphatic carbocycles. The van der Waals surface area contributed by atoms with E-state index in [4.69, 9.17) is 4.99 Å². The molecule has 146 valence electrons. The molecule has 0 amide bonds. The molecular weight excluding hydrogens is 354 g/mol. The third-order valence-corrected chi connectivity index (χ3v) is 7.47. The summed E-state index contributed by atoms with van der Waals surface area (Å²) in [4.78, 5) is 12.4. The third-order valence-electron chi connectivity index (χ3n) is 7.47. The molecule has 0 spiro atoms. The Labute approximate surface area is 168 Å². The highest BCUT2D eigenvalue weighted by atomic mass is 35.5. The number of nitrogens with one attached hydrogen (secondary N) is 2. The second-order valence-corrected chi connectivity index (χ2v) is 9.57. The number of hydrogen-bond acceptors (Lipinski definition) is 1. The van der Waals surface area contributed by atoms with Crippen molar-refractivity contribution in [1.82, 2.24) is 9.97 Å². The molecule has 4 fully saturated rings. The first kappa shape index (κ1) is 18.9. The van der Waals surface area contributed by atoms with Gasteiger partial charge in [0.25, 0.3) is 0 Å². The van der Waals surface area contributed by atoms with Crippen LogP contribution in [0.5, 0.6) is 0 Å². The maximum atomic E-state index is 5.26. The average molecular weight is 386 g/mol. The highest BCUT2D eigenvalue weighted by Crippen LogP contribution is 2.57. The molecular formula is C23H32ClN3. The van der Waals surface area contributed by atoms with Crippen LogP contribution in [0, 0.1) is 45.4 Å². The maximum absolute atomic E-state index is 5.26. The monoisotopic (exact) mass is 385 g/mol. The van der Waals surface area contributed by atoms with Crippen LogP contribution in [0.4, 0.5) is 0 Å². The number of aryl methyl sites for hydroxylation is 2. The number of nitrogens with zero attached hydrogens (tertiary/aromatic N) is 1. The number of aromatic amines is 2. The number of halogens is 1. The lowest BCUT2D eigenvalue weighted by molar-refractivity contribution is 0.00194. The summed E-state index contributed by atoms with van der Waals surface area (Å²) in [5.74, 6) is 2.85. The maximum Gasteiger partial charge on any atom is 0.0659 e. The summed E-state index contributed by atoms with van der Waals surface area (Å²) in [6.07, 6.45) is 10.6. The molecule has 27 heavy (non-hydrogen) atoms. The molecule has 4 saturated carbocycles. The number of rotatable bonds is 3. The first-order valence-electron chi connectivity index (χ1n) is 10.3. The standard InChI is InChI=1S/C23H31N3.ClH/c1-13-5-14(2)25-21(13)22-16(4)15(3)20(26-22)12-24-23-9-17-6-18(10-23)8-19(7-17)11-23;/h5,12,17-19,25-26H,6-11H2,1-4H3;1H. The molecule has 0 aliphatic heterocycles. The first-order chi connectivity index (χ1) is 12.4. The largest absolute Gasteiger partial charge is 0.357 e. The Morgan fingerprint density at radius 2 is 1.48 bits per heavy atom. The molecule has 2 aromatic rings. The van der Waals surface area contributed by atoms with E-state index in [2.05, 4.69) is 49.9 Å². The van der Waals surface area contributed by atoms with E-state index >= 15 is 0 Å². The summed E-state index contributed by atoms with van der Waals surface area (Å²) in [6.45, 7) is 8.75.